The first-order valence-corrected chi connectivity index (χ1v) is 9.13. The molecular weight excluding hydrogens is 320 g/mol. The molecule has 4 heterocycles. The number of nitrogens with zero attached hydrogens (tertiary/aromatic N) is 4. The number of aryl methyl sites for hydroxylation is 1. The third-order valence-electron chi connectivity index (χ3n) is 5.03. The second-order valence-electron chi connectivity index (χ2n) is 7.00. The molecule has 2 N–H and O–H groups in total. The Balaban J connectivity index is 1.42. The zero-order chi connectivity index (χ0) is 17.1. The zero-order valence-corrected chi connectivity index (χ0v) is 14.6. The summed E-state index contributed by atoms with van der Waals surface area (Å²) >= 11 is 0. The molecule has 136 valence electrons. The lowest BCUT2D eigenvalue weighted by Crippen LogP contribution is -2.24. The Morgan fingerprint density at radius 3 is 3.04 bits per heavy atom. The first kappa shape index (κ1) is 16.5. The number of aromatic nitrogens is 5. The van der Waals surface area contributed by atoms with Gasteiger partial charge >= 0.3 is 0 Å². The molecule has 0 spiro atoms. The molecule has 1 unspecified atom stereocenters. The minimum Gasteiger partial charge on any atom is -0.381 e. The lowest BCUT2D eigenvalue weighted by atomic mass is 9.90. The van der Waals surface area contributed by atoms with Gasteiger partial charge in [0, 0.05) is 44.5 Å². The van der Waals surface area contributed by atoms with E-state index in [9.17, 15) is 0 Å². The number of nitrogens with one attached hydrogen (secondary N) is 2. The third kappa shape index (κ3) is 3.85. The van der Waals surface area contributed by atoms with Crippen LogP contribution >= 0.6 is 0 Å². The largest absolute Gasteiger partial charge is 0.381 e. The molecule has 3 atom stereocenters. The molecule has 2 aliphatic heterocycles. The monoisotopic (exact) mass is 346 g/mol. The second-order valence-corrected chi connectivity index (χ2v) is 7.00. The quantitative estimate of drug-likeness (QED) is 0.861. The topological polar surface area (TPSA) is 89.9 Å². The lowest BCUT2D eigenvalue weighted by Gasteiger charge is -2.29. The molecule has 8 heteroatoms. The summed E-state index contributed by atoms with van der Waals surface area (Å²) in [5.41, 5.74) is 1.09. The predicted octanol–water partition coefficient (Wildman–Crippen LogP) is 2.01. The summed E-state index contributed by atoms with van der Waals surface area (Å²) in [6.45, 7) is 3.34. The van der Waals surface area contributed by atoms with E-state index >= 15 is 0 Å². The van der Waals surface area contributed by atoms with Crippen molar-refractivity contribution in [2.24, 2.45) is 13.0 Å². The number of H-pyrrole nitrogens is 1. The third-order valence-corrected chi connectivity index (χ3v) is 5.03. The molecule has 0 radical (unpaired) electrons. The summed E-state index contributed by atoms with van der Waals surface area (Å²) in [5.74, 6) is 2.27. The maximum atomic E-state index is 6.03. The zero-order valence-electron chi connectivity index (χ0n) is 14.6. The van der Waals surface area contributed by atoms with Gasteiger partial charge in [-0.1, -0.05) is 0 Å². The van der Waals surface area contributed by atoms with Crippen molar-refractivity contribution in [3.05, 3.63) is 23.8 Å². The average Bonchev–Trinajstić information content (AvgIpc) is 3.30. The Labute approximate surface area is 147 Å². The standard InChI is InChI=1S/C17H26N6O2/c1-23-10-13(9-19-23)15-14(5-3-7-25-15)16-20-17(22-21-16)18-8-12-4-2-6-24-11-12/h9-10,12,14-15H,2-8,11H2,1H3,(H2,18,20,21,22)/t12?,14-,15+/m1/s1. The fourth-order valence-electron chi connectivity index (χ4n) is 3.70. The Morgan fingerprint density at radius 1 is 1.32 bits per heavy atom. The highest BCUT2D eigenvalue weighted by molar-refractivity contribution is 5.25. The smallest absolute Gasteiger partial charge is 0.242 e. The summed E-state index contributed by atoms with van der Waals surface area (Å²) in [5, 5.41) is 15.1. The molecule has 2 aromatic heterocycles. The van der Waals surface area contributed by atoms with E-state index in [2.05, 4.69) is 25.6 Å². The van der Waals surface area contributed by atoms with E-state index in [0.29, 0.717) is 11.9 Å². The van der Waals surface area contributed by atoms with Crippen molar-refractivity contribution in [1.82, 2.24) is 25.0 Å². The van der Waals surface area contributed by atoms with Gasteiger partial charge in [-0.25, -0.2) is 0 Å². The van der Waals surface area contributed by atoms with Gasteiger partial charge in [-0.3, -0.25) is 9.78 Å². The minimum absolute atomic E-state index is 0.0185. The van der Waals surface area contributed by atoms with Crippen LogP contribution in [0.2, 0.25) is 0 Å². The van der Waals surface area contributed by atoms with Gasteiger partial charge in [0.15, 0.2) is 0 Å². The summed E-state index contributed by atoms with van der Waals surface area (Å²) in [4.78, 5) is 4.68. The Bertz CT molecular complexity index is 678. The summed E-state index contributed by atoms with van der Waals surface area (Å²) in [6.07, 6.45) is 8.27. The van der Waals surface area contributed by atoms with E-state index in [1.54, 1.807) is 0 Å². The van der Waals surface area contributed by atoms with Crippen LogP contribution in [0.25, 0.3) is 0 Å². The van der Waals surface area contributed by atoms with Gasteiger partial charge in [0.25, 0.3) is 0 Å². The van der Waals surface area contributed by atoms with Crippen molar-refractivity contribution in [3.63, 3.8) is 0 Å². The van der Waals surface area contributed by atoms with E-state index in [-0.39, 0.29) is 12.0 Å². The normalized spacial score (nSPS) is 27.3. The van der Waals surface area contributed by atoms with Crippen molar-refractivity contribution in [2.75, 3.05) is 31.7 Å². The van der Waals surface area contributed by atoms with E-state index < -0.39 is 0 Å². The van der Waals surface area contributed by atoms with E-state index in [1.807, 2.05) is 24.1 Å². The first-order chi connectivity index (χ1) is 12.3. The van der Waals surface area contributed by atoms with Crippen molar-refractivity contribution >= 4 is 5.95 Å². The maximum Gasteiger partial charge on any atom is 0.242 e. The Hall–Kier alpha value is -1.93. The van der Waals surface area contributed by atoms with Crippen LogP contribution in [-0.2, 0) is 16.5 Å². The number of anilines is 1. The molecule has 2 aromatic rings. The predicted molar refractivity (Wildman–Crippen MR) is 92.3 cm³/mol. The van der Waals surface area contributed by atoms with Crippen LogP contribution in [-0.4, -0.2) is 51.3 Å². The van der Waals surface area contributed by atoms with Crippen LogP contribution in [0.4, 0.5) is 5.95 Å². The van der Waals surface area contributed by atoms with Gasteiger partial charge in [-0.15, -0.1) is 5.10 Å². The van der Waals surface area contributed by atoms with Gasteiger partial charge in [0.1, 0.15) is 5.82 Å². The number of hydrogen-bond donors (Lipinski definition) is 2. The molecule has 0 bridgehead atoms. The van der Waals surface area contributed by atoms with Crippen LogP contribution in [0, 0.1) is 5.92 Å². The van der Waals surface area contributed by atoms with Crippen LogP contribution in [0.3, 0.4) is 0 Å². The Morgan fingerprint density at radius 2 is 2.24 bits per heavy atom. The highest BCUT2D eigenvalue weighted by Gasteiger charge is 2.32. The number of ether oxygens (including phenoxy) is 2. The molecule has 8 nitrogen and oxygen atoms in total. The van der Waals surface area contributed by atoms with Crippen LogP contribution in [0.15, 0.2) is 12.4 Å². The molecule has 2 fully saturated rings. The number of rotatable bonds is 5. The van der Waals surface area contributed by atoms with Crippen molar-refractivity contribution in [3.8, 4) is 0 Å². The minimum atomic E-state index is -0.0185. The van der Waals surface area contributed by atoms with Crippen molar-refractivity contribution in [1.29, 1.82) is 0 Å². The molecule has 0 aliphatic carbocycles. The highest BCUT2D eigenvalue weighted by atomic mass is 16.5. The average molecular weight is 346 g/mol. The van der Waals surface area contributed by atoms with Crippen LogP contribution < -0.4 is 5.32 Å². The highest BCUT2D eigenvalue weighted by Crippen LogP contribution is 2.39. The summed E-state index contributed by atoms with van der Waals surface area (Å²) in [6, 6.07) is 0. The van der Waals surface area contributed by atoms with Gasteiger partial charge in [-0.05, 0) is 31.6 Å². The lowest BCUT2D eigenvalue weighted by molar-refractivity contribution is -0.00440. The SMILES string of the molecule is Cn1cc([C@@H]2OCCC[C@H]2c2nc(NCC3CCCOC3)n[nH]2)cn1. The van der Waals surface area contributed by atoms with Crippen LogP contribution in [0.1, 0.15) is 49.1 Å². The summed E-state index contributed by atoms with van der Waals surface area (Å²) < 4.78 is 13.4. The molecule has 2 saturated heterocycles. The van der Waals surface area contributed by atoms with E-state index in [4.69, 9.17) is 9.47 Å². The number of aromatic amines is 1. The van der Waals surface area contributed by atoms with Crippen LogP contribution in [0.5, 0.6) is 0 Å². The van der Waals surface area contributed by atoms with Crippen molar-refractivity contribution in [2.45, 2.75) is 37.7 Å². The van der Waals surface area contributed by atoms with Crippen molar-refractivity contribution < 1.29 is 9.47 Å². The van der Waals surface area contributed by atoms with Gasteiger partial charge in [-0.2, -0.15) is 10.1 Å². The summed E-state index contributed by atoms with van der Waals surface area (Å²) in [7, 11) is 1.92. The van der Waals surface area contributed by atoms with Gasteiger partial charge < -0.3 is 14.8 Å². The van der Waals surface area contributed by atoms with Gasteiger partial charge in [0.2, 0.25) is 5.95 Å². The molecule has 0 amide bonds. The Kier molecular flexibility index (Phi) is 4.98. The first-order valence-electron chi connectivity index (χ1n) is 9.13. The molecule has 0 saturated carbocycles. The molecule has 2 aliphatic rings. The second kappa shape index (κ2) is 7.53. The van der Waals surface area contributed by atoms with Gasteiger partial charge in [0.05, 0.1) is 18.9 Å². The van der Waals surface area contributed by atoms with E-state index in [1.165, 1.54) is 6.42 Å². The fourth-order valence-corrected chi connectivity index (χ4v) is 3.70. The molecule has 25 heavy (non-hydrogen) atoms. The molecular formula is C17H26N6O2. The van der Waals surface area contributed by atoms with E-state index in [0.717, 1.165) is 57.0 Å². The molecule has 0 aromatic carbocycles. The number of hydrogen-bond acceptors (Lipinski definition) is 6. The molecule has 4 rings (SSSR count). The fraction of sp³-hybridized carbons (Fsp3) is 0.706. The maximum absolute atomic E-state index is 6.03.